The number of hydrogen-bond acceptors (Lipinski definition) is 5. The van der Waals surface area contributed by atoms with Crippen LogP contribution in [0.25, 0.3) is 0 Å². The van der Waals surface area contributed by atoms with Gasteiger partial charge in [0.05, 0.1) is 22.7 Å². The van der Waals surface area contributed by atoms with Gasteiger partial charge in [0.1, 0.15) is 0 Å². The summed E-state index contributed by atoms with van der Waals surface area (Å²) in [7, 11) is -3.43. The fourth-order valence-corrected chi connectivity index (χ4v) is 5.66. The summed E-state index contributed by atoms with van der Waals surface area (Å²) in [6, 6.07) is 7.99. The molecule has 2 amide bonds. The van der Waals surface area contributed by atoms with E-state index in [1.54, 1.807) is 40.1 Å². The number of carbonyl (C=O) groups is 2. The fraction of sp³-hybridized carbons (Fsp3) is 0.400. The summed E-state index contributed by atoms with van der Waals surface area (Å²) in [6.45, 7) is 1.90. The number of furan rings is 1. The van der Waals surface area contributed by atoms with Gasteiger partial charge in [0.25, 0.3) is 11.8 Å². The standard InChI is InChI=1S/C20H22ClN3O5S/c21-16-6-5-15(14-17(16)24-7-1-2-13-30(24,27)28)19(25)22-8-10-23(11-9-22)20(26)18-4-3-12-29-18/h3-6,12,14H,1-2,7-11,13H2. The summed E-state index contributed by atoms with van der Waals surface area (Å²) in [5, 5.41) is 0.297. The minimum absolute atomic E-state index is 0.0765. The smallest absolute Gasteiger partial charge is 0.289 e. The zero-order valence-corrected chi connectivity index (χ0v) is 17.9. The van der Waals surface area contributed by atoms with E-state index < -0.39 is 10.0 Å². The van der Waals surface area contributed by atoms with Crippen LogP contribution < -0.4 is 4.31 Å². The van der Waals surface area contributed by atoms with Gasteiger partial charge in [-0.2, -0.15) is 0 Å². The maximum atomic E-state index is 13.0. The van der Waals surface area contributed by atoms with E-state index in [1.165, 1.54) is 10.6 Å². The number of halogens is 1. The first-order valence-corrected chi connectivity index (χ1v) is 11.8. The Bertz CT molecular complexity index is 1050. The first-order valence-electron chi connectivity index (χ1n) is 9.79. The number of piperazine rings is 1. The molecule has 0 atom stereocenters. The van der Waals surface area contributed by atoms with Crippen molar-refractivity contribution in [2.45, 2.75) is 12.8 Å². The zero-order valence-electron chi connectivity index (χ0n) is 16.3. The van der Waals surface area contributed by atoms with Crippen molar-refractivity contribution in [2.24, 2.45) is 0 Å². The van der Waals surface area contributed by atoms with Gasteiger partial charge in [-0.3, -0.25) is 13.9 Å². The van der Waals surface area contributed by atoms with Crippen molar-refractivity contribution in [3.05, 3.63) is 52.9 Å². The van der Waals surface area contributed by atoms with E-state index in [2.05, 4.69) is 0 Å². The van der Waals surface area contributed by atoms with Gasteiger partial charge in [0.15, 0.2) is 5.76 Å². The molecule has 1 aromatic carbocycles. The molecule has 10 heteroatoms. The molecule has 0 N–H and O–H groups in total. The Hall–Kier alpha value is -2.52. The SMILES string of the molecule is O=C(c1ccc(Cl)c(N2CCCCS2(=O)=O)c1)N1CCN(C(=O)c2ccco2)CC1. The molecule has 8 nitrogen and oxygen atoms in total. The van der Waals surface area contributed by atoms with Gasteiger partial charge >= 0.3 is 0 Å². The van der Waals surface area contributed by atoms with Gasteiger partial charge < -0.3 is 14.2 Å². The van der Waals surface area contributed by atoms with E-state index in [0.29, 0.717) is 55.4 Å². The van der Waals surface area contributed by atoms with E-state index in [1.807, 2.05) is 0 Å². The van der Waals surface area contributed by atoms with Crippen molar-refractivity contribution in [3.8, 4) is 0 Å². The molecule has 2 saturated heterocycles. The van der Waals surface area contributed by atoms with Gasteiger partial charge in [-0.15, -0.1) is 0 Å². The lowest BCUT2D eigenvalue weighted by Gasteiger charge is -2.34. The summed E-state index contributed by atoms with van der Waals surface area (Å²) >= 11 is 6.27. The quantitative estimate of drug-likeness (QED) is 0.714. The van der Waals surface area contributed by atoms with Gasteiger partial charge in [-0.25, -0.2) is 8.42 Å². The highest BCUT2D eigenvalue weighted by Gasteiger charge is 2.30. The third-order valence-electron chi connectivity index (χ3n) is 5.40. The van der Waals surface area contributed by atoms with Crippen molar-refractivity contribution in [3.63, 3.8) is 0 Å². The van der Waals surface area contributed by atoms with Crippen molar-refractivity contribution >= 4 is 39.1 Å². The third kappa shape index (κ3) is 4.04. The lowest BCUT2D eigenvalue weighted by Crippen LogP contribution is -2.50. The number of carbonyl (C=O) groups excluding carboxylic acids is 2. The Morgan fingerprint density at radius 2 is 1.63 bits per heavy atom. The topological polar surface area (TPSA) is 91.1 Å². The van der Waals surface area contributed by atoms with Crippen LogP contribution in [0.1, 0.15) is 33.8 Å². The third-order valence-corrected chi connectivity index (χ3v) is 7.57. The highest BCUT2D eigenvalue weighted by molar-refractivity contribution is 7.92. The lowest BCUT2D eigenvalue weighted by molar-refractivity contribution is 0.0518. The highest BCUT2D eigenvalue weighted by Crippen LogP contribution is 2.32. The molecule has 4 rings (SSSR count). The molecule has 2 aromatic rings. The van der Waals surface area contributed by atoms with Crippen LogP contribution in [-0.2, 0) is 10.0 Å². The van der Waals surface area contributed by atoms with E-state index in [9.17, 15) is 18.0 Å². The minimum Gasteiger partial charge on any atom is -0.459 e. The van der Waals surface area contributed by atoms with Crippen LogP contribution in [0, 0.1) is 0 Å². The van der Waals surface area contributed by atoms with Crippen LogP contribution in [0.4, 0.5) is 5.69 Å². The zero-order chi connectivity index (χ0) is 21.3. The molecule has 3 heterocycles. The summed E-state index contributed by atoms with van der Waals surface area (Å²) < 4.78 is 31.3. The predicted octanol–water partition coefficient (Wildman–Crippen LogP) is 2.46. The molecule has 0 unspecified atom stereocenters. The minimum atomic E-state index is -3.43. The Morgan fingerprint density at radius 3 is 2.27 bits per heavy atom. The van der Waals surface area contributed by atoms with Gasteiger partial charge in [-0.05, 0) is 43.2 Å². The van der Waals surface area contributed by atoms with Gasteiger partial charge in [0.2, 0.25) is 10.0 Å². The number of benzene rings is 1. The number of amides is 2. The Morgan fingerprint density at radius 1 is 0.933 bits per heavy atom. The van der Waals surface area contributed by atoms with E-state index >= 15 is 0 Å². The van der Waals surface area contributed by atoms with Crippen LogP contribution in [0.2, 0.25) is 5.02 Å². The normalized spacial score (nSPS) is 19.0. The van der Waals surface area contributed by atoms with Gasteiger partial charge in [0, 0.05) is 38.3 Å². The number of hydrogen-bond donors (Lipinski definition) is 0. The molecule has 0 radical (unpaired) electrons. The largest absolute Gasteiger partial charge is 0.459 e. The van der Waals surface area contributed by atoms with E-state index in [0.717, 1.165) is 6.42 Å². The molecule has 0 aliphatic carbocycles. The van der Waals surface area contributed by atoms with Gasteiger partial charge in [-0.1, -0.05) is 11.6 Å². The summed E-state index contributed by atoms with van der Waals surface area (Å²) in [6.07, 6.45) is 2.82. The molecular formula is C20H22ClN3O5S. The second kappa shape index (κ2) is 8.31. The van der Waals surface area contributed by atoms with Crippen molar-refractivity contribution in [1.82, 2.24) is 9.80 Å². The second-order valence-corrected chi connectivity index (χ2v) is 9.74. The number of anilines is 1. The molecule has 2 fully saturated rings. The molecule has 0 saturated carbocycles. The average molecular weight is 452 g/mol. The first-order chi connectivity index (χ1) is 14.4. The lowest BCUT2D eigenvalue weighted by atomic mass is 10.1. The number of sulfonamides is 1. The van der Waals surface area contributed by atoms with Crippen LogP contribution >= 0.6 is 11.6 Å². The summed E-state index contributed by atoms with van der Waals surface area (Å²) in [5.41, 5.74) is 0.717. The van der Waals surface area contributed by atoms with Crippen LogP contribution in [0.5, 0.6) is 0 Å². The Labute approximate surface area is 180 Å². The Balaban J connectivity index is 1.47. The molecular weight excluding hydrogens is 430 g/mol. The first kappa shape index (κ1) is 20.7. The number of nitrogens with zero attached hydrogens (tertiary/aromatic N) is 3. The van der Waals surface area contributed by atoms with Crippen molar-refractivity contribution in [2.75, 3.05) is 42.8 Å². The molecule has 0 spiro atoms. The highest BCUT2D eigenvalue weighted by atomic mass is 35.5. The number of rotatable bonds is 3. The van der Waals surface area contributed by atoms with Crippen LogP contribution in [0.3, 0.4) is 0 Å². The molecule has 30 heavy (non-hydrogen) atoms. The second-order valence-electron chi connectivity index (χ2n) is 7.32. The van der Waals surface area contributed by atoms with E-state index in [-0.39, 0.29) is 23.3 Å². The average Bonchev–Trinajstić information content (AvgIpc) is 3.28. The molecule has 2 aliphatic heterocycles. The monoisotopic (exact) mass is 451 g/mol. The van der Waals surface area contributed by atoms with Crippen LogP contribution in [-0.4, -0.2) is 68.5 Å². The Kier molecular flexibility index (Phi) is 5.75. The summed E-state index contributed by atoms with van der Waals surface area (Å²) in [5.74, 6) is -0.0591. The molecule has 0 bridgehead atoms. The summed E-state index contributed by atoms with van der Waals surface area (Å²) in [4.78, 5) is 28.7. The molecule has 2 aliphatic rings. The fourth-order valence-electron chi connectivity index (χ4n) is 3.75. The van der Waals surface area contributed by atoms with Crippen LogP contribution in [0.15, 0.2) is 41.0 Å². The maximum Gasteiger partial charge on any atom is 0.289 e. The molecule has 160 valence electrons. The predicted molar refractivity (Wildman–Crippen MR) is 112 cm³/mol. The maximum absolute atomic E-state index is 13.0. The van der Waals surface area contributed by atoms with Crippen molar-refractivity contribution in [1.29, 1.82) is 0 Å². The van der Waals surface area contributed by atoms with E-state index in [4.69, 9.17) is 16.0 Å². The van der Waals surface area contributed by atoms with Crippen molar-refractivity contribution < 1.29 is 22.4 Å². The molecule has 1 aromatic heterocycles.